The second-order valence-corrected chi connectivity index (χ2v) is 10.6. The van der Waals surface area contributed by atoms with Gasteiger partial charge in [-0.05, 0) is 47.5 Å². The number of nitrogens with one attached hydrogen (secondary N) is 4. The molecule has 18 heteroatoms. The predicted molar refractivity (Wildman–Crippen MR) is 156 cm³/mol. The van der Waals surface area contributed by atoms with E-state index in [1.165, 1.54) is 48.5 Å². The standard InChI is InChI=1S/C32H22F12N4O2/c33-29(34,35)19-11-20(30(36,37)38)14-23(13-19)45-27(49)47-25(17-7-3-1-4-8-17)26(18-9-5-2-6-10-18)48-28(50)46-24-15-21(31(39,40)41)12-22(16-24)32(42,43)44/h1-16,25-26H,(H2,45,47,49)(H2,46,48,50)/t25-,26?/m1/s1. The van der Waals surface area contributed by atoms with Crippen LogP contribution >= 0.6 is 0 Å². The number of anilines is 2. The summed E-state index contributed by atoms with van der Waals surface area (Å²) in [6.45, 7) is 0. The summed E-state index contributed by atoms with van der Waals surface area (Å²) in [5, 5.41) is 8.57. The van der Waals surface area contributed by atoms with Gasteiger partial charge in [0.2, 0.25) is 0 Å². The summed E-state index contributed by atoms with van der Waals surface area (Å²) in [5.74, 6) is 0. The predicted octanol–water partition coefficient (Wildman–Crippen LogP) is 10.2. The molecule has 0 saturated heterocycles. The fourth-order valence-corrected chi connectivity index (χ4v) is 4.71. The number of carbonyl (C=O) groups excluding carboxylic acids is 2. The molecule has 266 valence electrons. The van der Waals surface area contributed by atoms with Gasteiger partial charge in [-0.1, -0.05) is 60.7 Å². The molecule has 0 bridgehead atoms. The summed E-state index contributed by atoms with van der Waals surface area (Å²) >= 11 is 0. The topological polar surface area (TPSA) is 82.3 Å². The third-order valence-electron chi connectivity index (χ3n) is 6.91. The van der Waals surface area contributed by atoms with Crippen LogP contribution in [-0.4, -0.2) is 12.1 Å². The summed E-state index contributed by atoms with van der Waals surface area (Å²) < 4.78 is 161. The Balaban J connectivity index is 1.70. The highest BCUT2D eigenvalue weighted by molar-refractivity contribution is 5.91. The van der Waals surface area contributed by atoms with Crippen molar-refractivity contribution < 1.29 is 62.3 Å². The first-order valence-corrected chi connectivity index (χ1v) is 13.9. The Bertz CT molecular complexity index is 1610. The number of alkyl halides is 12. The lowest BCUT2D eigenvalue weighted by Gasteiger charge is -2.30. The number of hydrogen-bond acceptors (Lipinski definition) is 2. The first-order chi connectivity index (χ1) is 23.1. The van der Waals surface area contributed by atoms with Crippen molar-refractivity contribution in [3.8, 4) is 0 Å². The molecular weight excluding hydrogens is 700 g/mol. The van der Waals surface area contributed by atoms with E-state index in [0.29, 0.717) is 0 Å². The van der Waals surface area contributed by atoms with Gasteiger partial charge in [0.25, 0.3) is 0 Å². The average molecular weight is 723 g/mol. The van der Waals surface area contributed by atoms with Gasteiger partial charge in [-0.2, -0.15) is 52.7 Å². The maximum Gasteiger partial charge on any atom is 0.416 e. The van der Waals surface area contributed by atoms with Crippen LogP contribution in [-0.2, 0) is 24.7 Å². The van der Waals surface area contributed by atoms with Gasteiger partial charge in [0.05, 0.1) is 34.3 Å². The third kappa shape index (κ3) is 9.82. The van der Waals surface area contributed by atoms with E-state index in [-0.39, 0.29) is 47.5 Å². The molecule has 0 radical (unpaired) electrons. The minimum Gasteiger partial charge on any atom is -0.329 e. The molecule has 4 rings (SSSR count). The largest absolute Gasteiger partial charge is 0.416 e. The molecule has 4 aromatic carbocycles. The molecule has 6 nitrogen and oxygen atoms in total. The molecule has 0 aliphatic carbocycles. The minimum absolute atomic E-state index is 0.147. The smallest absolute Gasteiger partial charge is 0.329 e. The quantitative estimate of drug-likeness (QED) is 0.143. The van der Waals surface area contributed by atoms with Crippen molar-refractivity contribution in [2.75, 3.05) is 10.6 Å². The van der Waals surface area contributed by atoms with Crippen molar-refractivity contribution in [3.05, 3.63) is 130 Å². The van der Waals surface area contributed by atoms with Gasteiger partial charge in [-0.15, -0.1) is 0 Å². The highest BCUT2D eigenvalue weighted by Crippen LogP contribution is 2.39. The molecule has 2 atom stereocenters. The molecule has 0 aromatic heterocycles. The molecule has 4 N–H and O–H groups in total. The zero-order valence-corrected chi connectivity index (χ0v) is 24.7. The molecule has 0 spiro atoms. The second kappa shape index (κ2) is 14.2. The van der Waals surface area contributed by atoms with Crippen LogP contribution in [0.3, 0.4) is 0 Å². The number of benzene rings is 4. The van der Waals surface area contributed by atoms with E-state index in [1.807, 2.05) is 10.6 Å². The molecule has 0 fully saturated rings. The highest BCUT2D eigenvalue weighted by atomic mass is 19.4. The normalized spacial score (nSPS) is 13.6. The molecule has 4 aromatic rings. The summed E-state index contributed by atoms with van der Waals surface area (Å²) in [4.78, 5) is 26.3. The van der Waals surface area contributed by atoms with E-state index in [0.717, 1.165) is 0 Å². The molecule has 0 aliphatic rings. The van der Waals surface area contributed by atoms with Crippen LogP contribution in [0.1, 0.15) is 45.5 Å². The Morgan fingerprint density at radius 1 is 0.420 bits per heavy atom. The van der Waals surface area contributed by atoms with Gasteiger partial charge in [0.15, 0.2) is 0 Å². The van der Waals surface area contributed by atoms with Crippen molar-refractivity contribution in [1.82, 2.24) is 10.6 Å². The van der Waals surface area contributed by atoms with E-state index >= 15 is 0 Å². The van der Waals surface area contributed by atoms with Crippen LogP contribution < -0.4 is 21.3 Å². The zero-order valence-electron chi connectivity index (χ0n) is 24.7. The monoisotopic (exact) mass is 722 g/mol. The van der Waals surface area contributed by atoms with E-state index in [1.54, 1.807) is 12.1 Å². The highest BCUT2D eigenvalue weighted by Gasteiger charge is 2.39. The SMILES string of the molecule is O=C(Nc1cc(C(F)(F)F)cc(C(F)(F)F)c1)NC(c1ccccc1)[C@H](NC(=O)Nc1cc(C(F)(F)F)cc(C(F)(F)F)c1)c1ccccc1. The van der Waals surface area contributed by atoms with Crippen molar-refractivity contribution in [1.29, 1.82) is 0 Å². The fraction of sp³-hybridized carbons (Fsp3) is 0.188. The Morgan fingerprint density at radius 2 is 0.680 bits per heavy atom. The lowest BCUT2D eigenvalue weighted by Crippen LogP contribution is -2.43. The van der Waals surface area contributed by atoms with Gasteiger partial charge < -0.3 is 21.3 Å². The van der Waals surface area contributed by atoms with Gasteiger partial charge in [0, 0.05) is 11.4 Å². The van der Waals surface area contributed by atoms with E-state index < -0.39 is 82.5 Å². The van der Waals surface area contributed by atoms with Crippen LogP contribution in [0.2, 0.25) is 0 Å². The Kier molecular flexibility index (Phi) is 10.6. The molecule has 0 heterocycles. The van der Waals surface area contributed by atoms with Gasteiger partial charge in [-0.3, -0.25) is 0 Å². The third-order valence-corrected chi connectivity index (χ3v) is 6.91. The first kappa shape index (κ1) is 37.4. The zero-order chi connectivity index (χ0) is 37.1. The maximum atomic E-state index is 13.4. The van der Waals surface area contributed by atoms with Crippen LogP contribution in [0.5, 0.6) is 0 Å². The van der Waals surface area contributed by atoms with Crippen molar-refractivity contribution in [2.24, 2.45) is 0 Å². The average Bonchev–Trinajstić information content (AvgIpc) is 3.01. The molecule has 0 aliphatic heterocycles. The number of halogens is 12. The van der Waals surface area contributed by atoms with Crippen LogP contribution in [0.25, 0.3) is 0 Å². The van der Waals surface area contributed by atoms with Crippen molar-refractivity contribution >= 4 is 23.4 Å². The lowest BCUT2D eigenvalue weighted by molar-refractivity contribution is -0.144. The molecule has 0 saturated carbocycles. The Hall–Kier alpha value is -5.42. The molecule has 4 amide bonds. The molecule has 50 heavy (non-hydrogen) atoms. The van der Waals surface area contributed by atoms with Crippen LogP contribution in [0.15, 0.2) is 97.1 Å². The summed E-state index contributed by atoms with van der Waals surface area (Å²) in [6.07, 6.45) is -20.9. The van der Waals surface area contributed by atoms with E-state index in [4.69, 9.17) is 0 Å². The number of rotatable bonds is 7. The van der Waals surface area contributed by atoms with Gasteiger partial charge in [0.1, 0.15) is 0 Å². The van der Waals surface area contributed by atoms with Gasteiger partial charge >= 0.3 is 36.8 Å². The Morgan fingerprint density at radius 3 is 0.920 bits per heavy atom. The lowest BCUT2D eigenvalue weighted by atomic mass is 9.93. The first-order valence-electron chi connectivity index (χ1n) is 13.9. The van der Waals surface area contributed by atoms with Gasteiger partial charge in [-0.25, -0.2) is 9.59 Å². The number of carbonyl (C=O) groups is 2. The maximum absolute atomic E-state index is 13.4. The summed E-state index contributed by atoms with van der Waals surface area (Å²) in [5.41, 5.74) is -8.26. The van der Waals surface area contributed by atoms with E-state index in [9.17, 15) is 62.3 Å². The number of hydrogen-bond donors (Lipinski definition) is 4. The molecule has 1 unspecified atom stereocenters. The number of urea groups is 2. The van der Waals surface area contributed by atoms with E-state index in [2.05, 4.69) is 10.6 Å². The second-order valence-electron chi connectivity index (χ2n) is 10.6. The van der Waals surface area contributed by atoms with Crippen molar-refractivity contribution in [2.45, 2.75) is 36.8 Å². The number of amides is 4. The van der Waals surface area contributed by atoms with Crippen LogP contribution in [0.4, 0.5) is 73.6 Å². The summed E-state index contributed by atoms with van der Waals surface area (Å²) in [7, 11) is 0. The molecular formula is C32H22F12N4O2. The minimum atomic E-state index is -5.23. The fourth-order valence-electron chi connectivity index (χ4n) is 4.71. The Labute approximate surface area is 274 Å². The van der Waals surface area contributed by atoms with Crippen LogP contribution in [0, 0.1) is 0 Å². The van der Waals surface area contributed by atoms with Crippen molar-refractivity contribution in [3.63, 3.8) is 0 Å². The summed E-state index contributed by atoms with van der Waals surface area (Å²) in [6, 6.07) is 9.98.